The predicted octanol–water partition coefficient (Wildman–Crippen LogP) is 4.48. The highest BCUT2D eigenvalue weighted by Gasteiger charge is 2.31. The minimum absolute atomic E-state index is 0.247. The van der Waals surface area contributed by atoms with Crippen molar-refractivity contribution in [1.29, 1.82) is 0 Å². The summed E-state index contributed by atoms with van der Waals surface area (Å²) < 4.78 is 51.3. The van der Waals surface area contributed by atoms with Crippen molar-refractivity contribution in [1.82, 2.24) is 0 Å². The average Bonchev–Trinajstić information content (AvgIpc) is 2.35. The topological polar surface area (TPSA) is 38.0 Å². The van der Waals surface area contributed by atoms with Crippen LogP contribution in [0, 0.1) is 12.7 Å². The van der Waals surface area contributed by atoms with E-state index in [2.05, 4.69) is 5.32 Å². The molecule has 0 saturated carbocycles. The second-order valence-corrected chi connectivity index (χ2v) is 4.39. The van der Waals surface area contributed by atoms with E-state index >= 15 is 0 Å². The van der Waals surface area contributed by atoms with Crippen LogP contribution in [0.5, 0.6) is 0 Å². The maximum absolute atomic E-state index is 13.6. The van der Waals surface area contributed by atoms with Gasteiger partial charge in [-0.05, 0) is 42.8 Å². The molecule has 0 heterocycles. The van der Waals surface area contributed by atoms with Gasteiger partial charge in [0, 0.05) is 11.4 Å². The van der Waals surface area contributed by atoms with E-state index in [1.165, 1.54) is 6.07 Å². The maximum atomic E-state index is 13.6. The number of aryl methyl sites for hydroxylation is 1. The highest BCUT2D eigenvalue weighted by atomic mass is 19.4. The fourth-order valence-electron chi connectivity index (χ4n) is 1.67. The normalized spacial score (nSPS) is 11.4. The molecular weight excluding hydrogens is 272 g/mol. The van der Waals surface area contributed by atoms with Gasteiger partial charge in [0.2, 0.25) is 0 Å². The number of nitrogens with two attached hydrogens (primary N) is 1. The standard InChI is InChI=1S/C14H12F4N2/c1-8-2-4-10(7-12(8)19)20-13-6-9(14(16,17)18)3-5-11(13)15/h2-7,20H,19H2,1H3. The molecule has 0 spiro atoms. The Hall–Kier alpha value is -2.24. The van der Waals surface area contributed by atoms with Gasteiger partial charge in [0.1, 0.15) is 5.82 Å². The van der Waals surface area contributed by atoms with Gasteiger partial charge in [-0.2, -0.15) is 13.2 Å². The van der Waals surface area contributed by atoms with Crippen molar-refractivity contribution in [3.8, 4) is 0 Å². The van der Waals surface area contributed by atoms with Crippen LogP contribution in [0.3, 0.4) is 0 Å². The largest absolute Gasteiger partial charge is 0.416 e. The van der Waals surface area contributed by atoms with E-state index < -0.39 is 17.6 Å². The number of rotatable bonds is 2. The molecular formula is C14H12F4N2. The third-order valence-corrected chi connectivity index (χ3v) is 2.85. The Kier molecular flexibility index (Phi) is 3.57. The molecule has 2 nitrogen and oxygen atoms in total. The van der Waals surface area contributed by atoms with Crippen LogP contribution in [-0.4, -0.2) is 0 Å². The highest BCUT2D eigenvalue weighted by Crippen LogP contribution is 2.33. The van der Waals surface area contributed by atoms with Crippen LogP contribution in [0.1, 0.15) is 11.1 Å². The molecule has 20 heavy (non-hydrogen) atoms. The van der Waals surface area contributed by atoms with Gasteiger partial charge in [0.05, 0.1) is 11.3 Å². The van der Waals surface area contributed by atoms with Crippen molar-refractivity contribution in [2.45, 2.75) is 13.1 Å². The van der Waals surface area contributed by atoms with Gasteiger partial charge < -0.3 is 11.1 Å². The van der Waals surface area contributed by atoms with E-state index in [4.69, 9.17) is 5.73 Å². The molecule has 2 rings (SSSR count). The van der Waals surface area contributed by atoms with E-state index in [9.17, 15) is 17.6 Å². The molecule has 0 unspecified atom stereocenters. The SMILES string of the molecule is Cc1ccc(Nc2cc(C(F)(F)F)ccc2F)cc1N. The smallest absolute Gasteiger partial charge is 0.398 e. The molecule has 106 valence electrons. The van der Waals surface area contributed by atoms with E-state index in [-0.39, 0.29) is 5.69 Å². The van der Waals surface area contributed by atoms with Crippen molar-refractivity contribution >= 4 is 17.1 Å². The number of nitrogens with one attached hydrogen (secondary N) is 1. The zero-order valence-electron chi connectivity index (χ0n) is 10.6. The summed E-state index contributed by atoms with van der Waals surface area (Å²) in [6.07, 6.45) is -4.52. The van der Waals surface area contributed by atoms with Gasteiger partial charge in [-0.1, -0.05) is 6.07 Å². The lowest BCUT2D eigenvalue weighted by atomic mass is 10.1. The quantitative estimate of drug-likeness (QED) is 0.630. The molecule has 0 radical (unpaired) electrons. The fraction of sp³-hybridized carbons (Fsp3) is 0.143. The summed E-state index contributed by atoms with van der Waals surface area (Å²) in [6, 6.07) is 7.06. The van der Waals surface area contributed by atoms with Crippen molar-refractivity contribution < 1.29 is 17.6 Å². The van der Waals surface area contributed by atoms with E-state index in [0.29, 0.717) is 17.4 Å². The van der Waals surface area contributed by atoms with Crippen LogP contribution >= 0.6 is 0 Å². The van der Waals surface area contributed by atoms with E-state index in [1.807, 2.05) is 0 Å². The second-order valence-electron chi connectivity index (χ2n) is 4.39. The van der Waals surface area contributed by atoms with Crippen LogP contribution in [0.4, 0.5) is 34.6 Å². The molecule has 0 aliphatic rings. The minimum Gasteiger partial charge on any atom is -0.398 e. The molecule has 2 aromatic carbocycles. The Morgan fingerprint density at radius 1 is 1.05 bits per heavy atom. The van der Waals surface area contributed by atoms with Crippen LogP contribution < -0.4 is 11.1 Å². The Bertz CT molecular complexity index is 636. The van der Waals surface area contributed by atoms with Crippen LogP contribution in [0.15, 0.2) is 36.4 Å². The highest BCUT2D eigenvalue weighted by molar-refractivity contribution is 5.66. The molecule has 0 aliphatic carbocycles. The summed E-state index contributed by atoms with van der Waals surface area (Å²) in [5.74, 6) is -0.767. The van der Waals surface area contributed by atoms with Crippen LogP contribution in [0.2, 0.25) is 0 Å². The molecule has 3 N–H and O–H groups in total. The summed E-state index contributed by atoms with van der Waals surface area (Å²) in [5, 5.41) is 2.60. The average molecular weight is 284 g/mol. The fourth-order valence-corrected chi connectivity index (χ4v) is 1.67. The van der Waals surface area contributed by atoms with Crippen molar-refractivity contribution in [2.24, 2.45) is 0 Å². The number of hydrogen-bond acceptors (Lipinski definition) is 2. The lowest BCUT2D eigenvalue weighted by Gasteiger charge is -2.12. The van der Waals surface area contributed by atoms with E-state index in [1.54, 1.807) is 19.1 Å². The number of benzene rings is 2. The van der Waals surface area contributed by atoms with Gasteiger partial charge in [0.15, 0.2) is 0 Å². The predicted molar refractivity (Wildman–Crippen MR) is 70.3 cm³/mol. The third-order valence-electron chi connectivity index (χ3n) is 2.85. The molecule has 0 atom stereocenters. The number of alkyl halides is 3. The summed E-state index contributed by atoms with van der Waals surface area (Å²) in [7, 11) is 0. The van der Waals surface area contributed by atoms with Crippen LogP contribution in [-0.2, 0) is 6.18 Å². The van der Waals surface area contributed by atoms with Gasteiger partial charge in [-0.3, -0.25) is 0 Å². The molecule has 0 aromatic heterocycles. The Morgan fingerprint density at radius 3 is 2.35 bits per heavy atom. The molecule has 0 amide bonds. The molecule has 2 aromatic rings. The molecule has 0 bridgehead atoms. The van der Waals surface area contributed by atoms with Crippen molar-refractivity contribution in [3.63, 3.8) is 0 Å². The molecule has 0 fully saturated rings. The second kappa shape index (κ2) is 5.03. The Balaban J connectivity index is 2.35. The first-order valence-corrected chi connectivity index (χ1v) is 5.77. The van der Waals surface area contributed by atoms with Gasteiger partial charge in [-0.25, -0.2) is 4.39 Å². The zero-order valence-corrected chi connectivity index (χ0v) is 10.6. The molecule has 0 aliphatic heterocycles. The lowest BCUT2D eigenvalue weighted by molar-refractivity contribution is -0.137. The summed E-state index contributed by atoms with van der Waals surface area (Å²) in [6.45, 7) is 1.80. The van der Waals surface area contributed by atoms with Gasteiger partial charge in [-0.15, -0.1) is 0 Å². The number of hydrogen-bond donors (Lipinski definition) is 2. The Morgan fingerprint density at radius 2 is 1.75 bits per heavy atom. The Labute approximate surface area is 113 Å². The first-order chi connectivity index (χ1) is 9.27. The first-order valence-electron chi connectivity index (χ1n) is 5.77. The number of halogens is 4. The molecule has 0 saturated heterocycles. The maximum Gasteiger partial charge on any atom is 0.416 e. The van der Waals surface area contributed by atoms with Gasteiger partial charge >= 0.3 is 6.18 Å². The third kappa shape index (κ3) is 3.01. The summed E-state index contributed by atoms with van der Waals surface area (Å²) in [5.41, 5.74) is 6.27. The number of nitrogen functional groups attached to an aromatic ring is 1. The van der Waals surface area contributed by atoms with Gasteiger partial charge in [0.25, 0.3) is 0 Å². The van der Waals surface area contributed by atoms with Crippen molar-refractivity contribution in [2.75, 3.05) is 11.1 Å². The summed E-state index contributed by atoms with van der Waals surface area (Å²) >= 11 is 0. The number of anilines is 3. The first kappa shape index (κ1) is 14.2. The molecule has 6 heteroatoms. The lowest BCUT2D eigenvalue weighted by Crippen LogP contribution is -2.06. The summed E-state index contributed by atoms with van der Waals surface area (Å²) in [4.78, 5) is 0. The van der Waals surface area contributed by atoms with Crippen LogP contribution in [0.25, 0.3) is 0 Å². The van der Waals surface area contributed by atoms with Crippen molar-refractivity contribution in [3.05, 3.63) is 53.3 Å². The minimum atomic E-state index is -4.52. The zero-order chi connectivity index (χ0) is 14.9. The van der Waals surface area contributed by atoms with E-state index in [0.717, 1.165) is 17.7 Å². The monoisotopic (exact) mass is 284 g/mol.